The van der Waals surface area contributed by atoms with Gasteiger partial charge in [-0.15, -0.1) is 22.7 Å². The number of para-hydroxylation sites is 4. The van der Waals surface area contributed by atoms with E-state index in [0.29, 0.717) is 0 Å². The van der Waals surface area contributed by atoms with Gasteiger partial charge in [0.25, 0.3) is 0 Å². The number of H-pyrrole nitrogens is 2. The molecule has 7 heteroatoms. The molecule has 10 rings (SSSR count). The summed E-state index contributed by atoms with van der Waals surface area (Å²) >= 11 is 3.45. The Kier molecular flexibility index (Phi) is 5.25. The third-order valence-corrected chi connectivity index (χ3v) is 10.6. The number of aromatic nitrogens is 4. The van der Waals surface area contributed by atoms with Crippen LogP contribution in [-0.4, -0.2) is 19.9 Å². The molecule has 0 fully saturated rings. The number of thiophene rings is 1. The van der Waals surface area contributed by atoms with Crippen molar-refractivity contribution in [1.29, 1.82) is 0 Å². The van der Waals surface area contributed by atoms with Gasteiger partial charge < -0.3 is 14.4 Å². The molecule has 2 N–H and O–H groups in total. The van der Waals surface area contributed by atoms with Crippen LogP contribution in [0, 0.1) is 0 Å². The average molecular weight is 615 g/mol. The zero-order chi connectivity index (χ0) is 29.5. The van der Waals surface area contributed by atoms with Gasteiger partial charge in [-0.2, -0.15) is 0 Å². The van der Waals surface area contributed by atoms with Crippen molar-refractivity contribution in [3.05, 3.63) is 121 Å². The predicted octanol–water partition coefficient (Wildman–Crippen LogP) is 11.3. The van der Waals surface area contributed by atoms with Crippen molar-refractivity contribution in [3.8, 4) is 43.9 Å². The van der Waals surface area contributed by atoms with E-state index < -0.39 is 0 Å². The molecule has 5 nitrogen and oxygen atoms in total. The smallest absolute Gasteiger partial charge is 0.167 e. The number of hydrogen-bond acceptors (Lipinski definition) is 5. The second-order valence-corrected chi connectivity index (χ2v) is 13.3. The first-order chi connectivity index (χ1) is 22.2. The fraction of sp³-hybridized carbons (Fsp3) is 0. The van der Waals surface area contributed by atoms with E-state index in [1.165, 1.54) is 15.5 Å². The largest absolute Gasteiger partial charge is 0.456 e. The lowest BCUT2D eigenvalue weighted by Crippen LogP contribution is -1.91. The molecule has 0 aliphatic heterocycles. The first kappa shape index (κ1) is 24.9. The molecule has 10 aromatic rings. The third-order valence-electron chi connectivity index (χ3n) is 8.44. The fourth-order valence-corrected chi connectivity index (χ4v) is 8.43. The van der Waals surface area contributed by atoms with Crippen molar-refractivity contribution in [1.82, 2.24) is 19.9 Å². The number of imidazole rings is 1. The molecule has 5 aromatic carbocycles. The molecule has 0 unspecified atom stereocenters. The van der Waals surface area contributed by atoms with Crippen LogP contribution in [0.1, 0.15) is 0 Å². The Hall–Kier alpha value is -5.50. The Labute approximate surface area is 264 Å². The molecule has 212 valence electrons. The van der Waals surface area contributed by atoms with Crippen molar-refractivity contribution in [2.45, 2.75) is 0 Å². The summed E-state index contributed by atoms with van der Waals surface area (Å²) in [7, 11) is 0. The van der Waals surface area contributed by atoms with Crippen LogP contribution in [0.4, 0.5) is 0 Å². The van der Waals surface area contributed by atoms with Gasteiger partial charge >= 0.3 is 0 Å². The minimum Gasteiger partial charge on any atom is -0.456 e. The summed E-state index contributed by atoms with van der Waals surface area (Å²) in [6.07, 6.45) is 0. The van der Waals surface area contributed by atoms with E-state index in [4.69, 9.17) is 14.4 Å². The highest BCUT2D eigenvalue weighted by Crippen LogP contribution is 2.50. The lowest BCUT2D eigenvalue weighted by molar-refractivity contribution is 0.632. The number of thiazole rings is 1. The van der Waals surface area contributed by atoms with Crippen LogP contribution in [0.5, 0.6) is 0 Å². The number of nitrogens with one attached hydrogen (secondary N) is 2. The lowest BCUT2D eigenvalue weighted by atomic mass is 9.94. The van der Waals surface area contributed by atoms with Gasteiger partial charge in [0.2, 0.25) is 0 Å². The van der Waals surface area contributed by atoms with Gasteiger partial charge in [0.05, 0.1) is 21.3 Å². The quantitative estimate of drug-likeness (QED) is 0.207. The molecule has 0 bridgehead atoms. The van der Waals surface area contributed by atoms with Crippen molar-refractivity contribution in [2.75, 3.05) is 0 Å². The molecule has 0 aliphatic rings. The van der Waals surface area contributed by atoms with Crippen LogP contribution < -0.4 is 0 Å². The van der Waals surface area contributed by atoms with Gasteiger partial charge in [0.15, 0.2) is 10.8 Å². The summed E-state index contributed by atoms with van der Waals surface area (Å²) in [5.74, 6) is 1.59. The molecule has 0 radical (unpaired) electrons. The van der Waals surface area contributed by atoms with Crippen LogP contribution in [0.25, 0.3) is 97.1 Å². The Bertz CT molecular complexity index is 2610. The van der Waals surface area contributed by atoms with E-state index in [-0.39, 0.29) is 0 Å². The van der Waals surface area contributed by atoms with E-state index >= 15 is 0 Å². The summed E-state index contributed by atoms with van der Waals surface area (Å²) in [6, 6.07) is 42.2. The van der Waals surface area contributed by atoms with Crippen molar-refractivity contribution in [2.24, 2.45) is 0 Å². The van der Waals surface area contributed by atoms with Crippen LogP contribution >= 0.6 is 22.7 Å². The van der Waals surface area contributed by atoms with Crippen LogP contribution in [0.15, 0.2) is 126 Å². The molecule has 0 amide bonds. The van der Waals surface area contributed by atoms with Gasteiger partial charge in [-0.3, -0.25) is 0 Å². The van der Waals surface area contributed by atoms with E-state index in [1.54, 1.807) is 22.7 Å². The van der Waals surface area contributed by atoms with Gasteiger partial charge in [-0.25, -0.2) is 9.97 Å². The number of aromatic amines is 2. The molecule has 0 atom stereocenters. The Morgan fingerprint density at radius 3 is 2.20 bits per heavy atom. The second-order valence-electron chi connectivity index (χ2n) is 11.2. The number of benzene rings is 5. The summed E-state index contributed by atoms with van der Waals surface area (Å²) in [5, 5.41) is 4.30. The molecular formula is C38H22N4OS2. The Morgan fingerprint density at radius 1 is 0.578 bits per heavy atom. The highest BCUT2D eigenvalue weighted by molar-refractivity contribution is 7.23. The maximum absolute atomic E-state index is 6.65. The normalized spacial score (nSPS) is 12.0. The molecule has 45 heavy (non-hydrogen) atoms. The zero-order valence-electron chi connectivity index (χ0n) is 23.7. The van der Waals surface area contributed by atoms with Crippen LogP contribution in [-0.2, 0) is 0 Å². The summed E-state index contributed by atoms with van der Waals surface area (Å²) < 4.78 is 8.98. The van der Waals surface area contributed by atoms with Crippen molar-refractivity contribution < 1.29 is 4.42 Å². The summed E-state index contributed by atoms with van der Waals surface area (Å²) in [4.78, 5) is 18.6. The number of rotatable bonds is 4. The van der Waals surface area contributed by atoms with E-state index in [1.807, 2.05) is 30.3 Å². The predicted molar refractivity (Wildman–Crippen MR) is 188 cm³/mol. The average Bonchev–Trinajstić information content (AvgIpc) is 3.90. The molecule has 0 saturated carbocycles. The molecule has 5 heterocycles. The van der Waals surface area contributed by atoms with E-state index in [2.05, 4.69) is 101 Å². The highest BCUT2D eigenvalue weighted by atomic mass is 32.1. The molecule has 0 spiro atoms. The number of furan rings is 1. The molecular weight excluding hydrogens is 593 g/mol. The summed E-state index contributed by atoms with van der Waals surface area (Å²) in [5.41, 5.74) is 9.03. The first-order valence-electron chi connectivity index (χ1n) is 14.7. The number of nitrogens with zero attached hydrogens (tertiary/aromatic N) is 2. The molecule has 0 saturated heterocycles. The molecule has 5 aromatic heterocycles. The maximum Gasteiger partial charge on any atom is 0.167 e. The monoisotopic (exact) mass is 614 g/mol. The number of hydrogen-bond donors (Lipinski definition) is 2. The second kappa shape index (κ2) is 9.50. The minimum absolute atomic E-state index is 0.775. The van der Waals surface area contributed by atoms with Gasteiger partial charge in [0.1, 0.15) is 11.3 Å². The molecule has 0 aliphatic carbocycles. The fourth-order valence-electron chi connectivity index (χ4n) is 6.36. The maximum atomic E-state index is 6.65. The van der Waals surface area contributed by atoms with Gasteiger partial charge in [0, 0.05) is 48.3 Å². The van der Waals surface area contributed by atoms with E-state index in [9.17, 15) is 0 Å². The van der Waals surface area contributed by atoms with E-state index in [0.717, 1.165) is 81.6 Å². The third kappa shape index (κ3) is 3.91. The van der Waals surface area contributed by atoms with Crippen LogP contribution in [0.2, 0.25) is 0 Å². The Morgan fingerprint density at radius 2 is 1.36 bits per heavy atom. The minimum atomic E-state index is 0.775. The number of fused-ring (bicyclic) bond motifs is 5. The Balaban J connectivity index is 1.34. The van der Waals surface area contributed by atoms with Crippen molar-refractivity contribution in [3.63, 3.8) is 0 Å². The van der Waals surface area contributed by atoms with Crippen molar-refractivity contribution >= 4 is 75.9 Å². The topological polar surface area (TPSA) is 70.5 Å². The van der Waals surface area contributed by atoms with Crippen LogP contribution in [0.3, 0.4) is 0 Å². The lowest BCUT2D eigenvalue weighted by Gasteiger charge is -2.13. The van der Waals surface area contributed by atoms with Gasteiger partial charge in [-0.1, -0.05) is 66.7 Å². The van der Waals surface area contributed by atoms with Gasteiger partial charge in [-0.05, 0) is 60.0 Å². The zero-order valence-corrected chi connectivity index (χ0v) is 25.3. The summed E-state index contributed by atoms with van der Waals surface area (Å²) in [6.45, 7) is 0. The standard InChI is InChI=1S/C38H22N4OS2/c1-4-12-25-21(9-1)17-28(39-25)24-20-33-36(42-38(45-33)37-40-26-13-5-6-14-27(26)41-37)35(32-19-23-11-3-8-16-31(23)44-32)34(24)30-18-22-10-2-7-15-29(22)43-30/h1-20,39H,(H,40,41). The SMILES string of the molecule is c1ccc2[nH]c(-c3cc4sc(-c5nc6ccccc6[nH]5)nc4c(-c4cc5ccccc5s4)c3-c3cc4ccccc4o3)cc2c1. The highest BCUT2D eigenvalue weighted by Gasteiger charge is 2.26. The first-order valence-corrected chi connectivity index (χ1v) is 16.4.